The van der Waals surface area contributed by atoms with Gasteiger partial charge in [0.15, 0.2) is 0 Å². The molecule has 0 spiro atoms. The summed E-state index contributed by atoms with van der Waals surface area (Å²) in [5, 5.41) is 2.91. The minimum Gasteiger partial charge on any atom is -0.334 e. The quantitative estimate of drug-likeness (QED) is 0.829. The summed E-state index contributed by atoms with van der Waals surface area (Å²) in [6.07, 6.45) is 0. The third-order valence-corrected chi connectivity index (χ3v) is 3.29. The van der Waals surface area contributed by atoms with Crippen LogP contribution in [-0.2, 0) is 6.54 Å². The van der Waals surface area contributed by atoms with Crippen molar-refractivity contribution in [1.82, 2.24) is 10.2 Å². The number of rotatable bonds is 2. The number of benzene rings is 1. The first-order valence-electron chi connectivity index (χ1n) is 5.01. The van der Waals surface area contributed by atoms with Crippen molar-refractivity contribution < 1.29 is 4.79 Å². The highest BCUT2D eigenvalue weighted by Crippen LogP contribution is 2.12. The van der Waals surface area contributed by atoms with E-state index in [4.69, 9.17) is 0 Å². The highest BCUT2D eigenvalue weighted by Gasteiger charge is 2.17. The van der Waals surface area contributed by atoms with Crippen LogP contribution in [0, 0.1) is 0 Å². The van der Waals surface area contributed by atoms with Crippen LogP contribution >= 0.6 is 11.8 Å². The van der Waals surface area contributed by atoms with Crippen molar-refractivity contribution in [1.29, 1.82) is 0 Å². The summed E-state index contributed by atoms with van der Waals surface area (Å²) in [7, 11) is 0. The van der Waals surface area contributed by atoms with E-state index in [0.717, 1.165) is 23.7 Å². The van der Waals surface area contributed by atoms with Gasteiger partial charge >= 0.3 is 6.03 Å². The highest BCUT2D eigenvalue weighted by atomic mass is 32.2. The second-order valence-electron chi connectivity index (χ2n) is 3.45. The molecule has 0 unspecified atom stereocenters. The lowest BCUT2D eigenvalue weighted by atomic mass is 10.2. The SMILES string of the molecule is O=C(NCc1ccccc1)N1CCSC1. The van der Waals surface area contributed by atoms with Gasteiger partial charge in [0.1, 0.15) is 0 Å². The van der Waals surface area contributed by atoms with Crippen LogP contribution in [0.5, 0.6) is 0 Å². The largest absolute Gasteiger partial charge is 0.334 e. The van der Waals surface area contributed by atoms with Gasteiger partial charge < -0.3 is 10.2 Å². The molecular formula is C11H14N2OS. The van der Waals surface area contributed by atoms with Gasteiger partial charge in [-0.05, 0) is 5.56 Å². The van der Waals surface area contributed by atoms with E-state index in [0.29, 0.717) is 6.54 Å². The summed E-state index contributed by atoms with van der Waals surface area (Å²) in [6.45, 7) is 1.48. The van der Waals surface area contributed by atoms with Gasteiger partial charge in [-0.25, -0.2) is 4.79 Å². The van der Waals surface area contributed by atoms with E-state index in [-0.39, 0.29) is 6.03 Å². The summed E-state index contributed by atoms with van der Waals surface area (Å²) in [4.78, 5) is 13.5. The summed E-state index contributed by atoms with van der Waals surface area (Å²) < 4.78 is 0. The van der Waals surface area contributed by atoms with Gasteiger partial charge in [0.05, 0.1) is 5.88 Å². The lowest BCUT2D eigenvalue weighted by Gasteiger charge is -2.15. The van der Waals surface area contributed by atoms with Crippen LogP contribution in [0.1, 0.15) is 5.56 Å². The van der Waals surface area contributed by atoms with Crippen LogP contribution in [0.4, 0.5) is 4.79 Å². The van der Waals surface area contributed by atoms with Crippen molar-refractivity contribution in [3.05, 3.63) is 35.9 Å². The Morgan fingerprint density at radius 2 is 2.20 bits per heavy atom. The fourth-order valence-corrected chi connectivity index (χ4v) is 2.40. The molecule has 4 heteroatoms. The molecule has 3 nitrogen and oxygen atoms in total. The predicted octanol–water partition coefficient (Wildman–Crippen LogP) is 1.90. The average molecular weight is 222 g/mol. The number of carbonyl (C=O) groups is 1. The monoisotopic (exact) mass is 222 g/mol. The van der Waals surface area contributed by atoms with Crippen molar-refractivity contribution in [3.63, 3.8) is 0 Å². The van der Waals surface area contributed by atoms with Gasteiger partial charge in [-0.2, -0.15) is 0 Å². The van der Waals surface area contributed by atoms with Gasteiger partial charge in [0, 0.05) is 18.8 Å². The van der Waals surface area contributed by atoms with E-state index in [9.17, 15) is 4.79 Å². The zero-order valence-electron chi connectivity index (χ0n) is 8.48. The maximum absolute atomic E-state index is 11.6. The number of carbonyl (C=O) groups excluding carboxylic acids is 1. The molecule has 2 rings (SSSR count). The molecule has 1 N–H and O–H groups in total. The number of hydrogen-bond donors (Lipinski definition) is 1. The van der Waals surface area contributed by atoms with Crippen molar-refractivity contribution in [2.75, 3.05) is 18.2 Å². The van der Waals surface area contributed by atoms with Crippen molar-refractivity contribution in [2.45, 2.75) is 6.54 Å². The highest BCUT2D eigenvalue weighted by molar-refractivity contribution is 7.99. The lowest BCUT2D eigenvalue weighted by molar-refractivity contribution is 0.211. The summed E-state index contributed by atoms with van der Waals surface area (Å²) in [6, 6.07) is 10.0. The Hall–Kier alpha value is -1.16. The average Bonchev–Trinajstić information content (AvgIpc) is 2.81. The maximum Gasteiger partial charge on any atom is 0.318 e. The standard InChI is InChI=1S/C11H14N2OS/c14-11(13-6-7-15-9-13)12-8-10-4-2-1-3-5-10/h1-5H,6-9H2,(H,12,14). The van der Waals surface area contributed by atoms with Crippen LogP contribution in [0.15, 0.2) is 30.3 Å². The van der Waals surface area contributed by atoms with Gasteiger partial charge in [0.2, 0.25) is 0 Å². The molecule has 80 valence electrons. The molecular weight excluding hydrogens is 208 g/mol. The third kappa shape index (κ3) is 2.89. The van der Waals surface area contributed by atoms with Crippen LogP contribution < -0.4 is 5.32 Å². The fraction of sp³-hybridized carbons (Fsp3) is 0.364. The molecule has 1 aliphatic heterocycles. The van der Waals surface area contributed by atoms with Crippen LogP contribution in [0.2, 0.25) is 0 Å². The summed E-state index contributed by atoms with van der Waals surface area (Å²) >= 11 is 1.80. The van der Waals surface area contributed by atoms with Crippen molar-refractivity contribution >= 4 is 17.8 Å². The van der Waals surface area contributed by atoms with E-state index in [2.05, 4.69) is 5.32 Å². The Labute approximate surface area is 93.8 Å². The molecule has 2 amide bonds. The summed E-state index contributed by atoms with van der Waals surface area (Å²) in [5.41, 5.74) is 1.14. The minimum absolute atomic E-state index is 0.0452. The maximum atomic E-state index is 11.6. The number of urea groups is 1. The van der Waals surface area contributed by atoms with Crippen LogP contribution in [-0.4, -0.2) is 29.1 Å². The van der Waals surface area contributed by atoms with E-state index in [1.165, 1.54) is 0 Å². The van der Waals surface area contributed by atoms with Gasteiger partial charge in [-0.1, -0.05) is 30.3 Å². The zero-order chi connectivity index (χ0) is 10.5. The van der Waals surface area contributed by atoms with E-state index in [1.54, 1.807) is 11.8 Å². The molecule has 15 heavy (non-hydrogen) atoms. The van der Waals surface area contributed by atoms with Crippen LogP contribution in [0.25, 0.3) is 0 Å². The number of amides is 2. The number of hydrogen-bond acceptors (Lipinski definition) is 2. The normalized spacial score (nSPS) is 15.3. The molecule has 0 atom stereocenters. The molecule has 1 saturated heterocycles. The predicted molar refractivity (Wildman–Crippen MR) is 62.7 cm³/mol. The van der Waals surface area contributed by atoms with E-state index >= 15 is 0 Å². The molecule has 1 fully saturated rings. The molecule has 1 aliphatic rings. The first kappa shape index (κ1) is 10.4. The van der Waals surface area contributed by atoms with E-state index < -0.39 is 0 Å². The molecule has 0 aliphatic carbocycles. The molecule has 0 radical (unpaired) electrons. The number of thioether (sulfide) groups is 1. The zero-order valence-corrected chi connectivity index (χ0v) is 9.30. The van der Waals surface area contributed by atoms with Gasteiger partial charge in [-0.3, -0.25) is 0 Å². The van der Waals surface area contributed by atoms with Gasteiger partial charge in [-0.15, -0.1) is 11.8 Å². The molecule has 1 aromatic rings. The molecule has 0 bridgehead atoms. The topological polar surface area (TPSA) is 32.3 Å². The Morgan fingerprint density at radius 1 is 1.40 bits per heavy atom. The Balaban J connectivity index is 1.80. The molecule has 1 aromatic carbocycles. The molecule has 0 saturated carbocycles. The number of nitrogens with zero attached hydrogens (tertiary/aromatic N) is 1. The molecule has 0 aromatic heterocycles. The Kier molecular flexibility index (Phi) is 3.50. The third-order valence-electron chi connectivity index (χ3n) is 2.33. The fourth-order valence-electron chi connectivity index (χ4n) is 1.46. The van der Waals surface area contributed by atoms with Gasteiger partial charge in [0.25, 0.3) is 0 Å². The first-order chi connectivity index (χ1) is 7.36. The van der Waals surface area contributed by atoms with Crippen molar-refractivity contribution in [3.8, 4) is 0 Å². The first-order valence-corrected chi connectivity index (χ1v) is 6.16. The van der Waals surface area contributed by atoms with Crippen LogP contribution in [0.3, 0.4) is 0 Å². The summed E-state index contributed by atoms with van der Waals surface area (Å²) in [5.74, 6) is 1.87. The minimum atomic E-state index is 0.0452. The van der Waals surface area contributed by atoms with E-state index in [1.807, 2.05) is 35.2 Å². The Morgan fingerprint density at radius 3 is 2.87 bits per heavy atom. The lowest BCUT2D eigenvalue weighted by Crippen LogP contribution is -2.37. The molecule has 1 heterocycles. The second-order valence-corrected chi connectivity index (χ2v) is 4.52. The Bertz CT molecular complexity index is 323. The smallest absolute Gasteiger partial charge is 0.318 e. The second kappa shape index (κ2) is 5.07. The van der Waals surface area contributed by atoms with Crippen molar-refractivity contribution in [2.24, 2.45) is 0 Å². The number of nitrogens with one attached hydrogen (secondary N) is 1.